The van der Waals surface area contributed by atoms with Gasteiger partial charge in [-0.25, -0.2) is 4.98 Å². The number of benzene rings is 1. The first kappa shape index (κ1) is 11.9. The highest BCUT2D eigenvalue weighted by Crippen LogP contribution is 2.27. The first-order valence-electron chi connectivity index (χ1n) is 6.34. The molecular formula is C14H15N3O2. The van der Waals surface area contributed by atoms with E-state index >= 15 is 0 Å². The van der Waals surface area contributed by atoms with E-state index in [-0.39, 0.29) is 5.56 Å². The molecule has 0 fully saturated rings. The van der Waals surface area contributed by atoms with Crippen molar-refractivity contribution in [2.45, 2.75) is 20.0 Å². The Morgan fingerprint density at radius 1 is 1.32 bits per heavy atom. The largest absolute Gasteiger partial charge is 0.493 e. The zero-order chi connectivity index (χ0) is 13.2. The molecule has 98 valence electrons. The Morgan fingerprint density at radius 2 is 2.16 bits per heavy atom. The molecule has 0 atom stereocenters. The van der Waals surface area contributed by atoms with Crippen LogP contribution in [0.15, 0.2) is 29.1 Å². The number of hydrogen-bond donors (Lipinski definition) is 2. The fourth-order valence-corrected chi connectivity index (χ4v) is 2.25. The number of ether oxygens (including phenoxy) is 1. The average Bonchev–Trinajstić information content (AvgIpc) is 2.88. The number of para-hydroxylation sites is 1. The predicted octanol–water partition coefficient (Wildman–Crippen LogP) is 1.44. The lowest BCUT2D eigenvalue weighted by atomic mass is 10.1. The Hall–Kier alpha value is -2.14. The van der Waals surface area contributed by atoms with Crippen LogP contribution in [-0.4, -0.2) is 16.6 Å². The van der Waals surface area contributed by atoms with E-state index in [4.69, 9.17) is 4.74 Å². The van der Waals surface area contributed by atoms with Crippen molar-refractivity contribution in [2.75, 3.05) is 6.61 Å². The molecule has 19 heavy (non-hydrogen) atoms. The molecule has 0 spiro atoms. The van der Waals surface area contributed by atoms with E-state index in [0.717, 1.165) is 22.6 Å². The van der Waals surface area contributed by atoms with Crippen LogP contribution in [0.1, 0.15) is 18.2 Å². The van der Waals surface area contributed by atoms with Crippen molar-refractivity contribution in [3.8, 4) is 17.1 Å². The summed E-state index contributed by atoms with van der Waals surface area (Å²) in [6.07, 6.45) is 0. The van der Waals surface area contributed by atoms with Crippen molar-refractivity contribution in [1.29, 1.82) is 0 Å². The van der Waals surface area contributed by atoms with Crippen LogP contribution in [-0.2, 0) is 13.1 Å². The van der Waals surface area contributed by atoms with E-state index in [9.17, 15) is 4.79 Å². The molecule has 3 rings (SSSR count). The number of nitrogens with one attached hydrogen (secondary N) is 2. The monoisotopic (exact) mass is 257 g/mol. The van der Waals surface area contributed by atoms with Crippen LogP contribution in [0, 0.1) is 0 Å². The minimum absolute atomic E-state index is 0.0729. The number of fused-ring (bicyclic) bond motifs is 1. The highest BCUT2D eigenvalue weighted by atomic mass is 16.5. The van der Waals surface area contributed by atoms with Crippen LogP contribution in [0.2, 0.25) is 0 Å². The molecule has 1 aliphatic heterocycles. The SMILES string of the molecule is CCOc1ccccc1-c1nc2c(c(=O)[nH]1)CNC2. The number of nitrogens with zero attached hydrogens (tertiary/aromatic N) is 1. The van der Waals surface area contributed by atoms with Gasteiger partial charge in [0.25, 0.3) is 5.56 Å². The number of hydrogen-bond acceptors (Lipinski definition) is 4. The number of aromatic nitrogens is 2. The van der Waals surface area contributed by atoms with E-state index in [1.54, 1.807) is 0 Å². The van der Waals surface area contributed by atoms with Gasteiger partial charge in [0, 0.05) is 13.1 Å². The lowest BCUT2D eigenvalue weighted by Crippen LogP contribution is -2.16. The standard InChI is InChI=1S/C14H15N3O2/c1-2-19-12-6-4-3-5-9(12)13-16-11-8-15-7-10(11)14(18)17-13/h3-6,15H,2,7-8H2,1H3,(H,16,17,18). The first-order valence-corrected chi connectivity index (χ1v) is 6.34. The van der Waals surface area contributed by atoms with Gasteiger partial charge in [0.05, 0.1) is 23.4 Å². The summed E-state index contributed by atoms with van der Waals surface area (Å²) in [6.45, 7) is 3.74. The summed E-state index contributed by atoms with van der Waals surface area (Å²) in [5, 5.41) is 3.13. The second-order valence-electron chi connectivity index (χ2n) is 4.37. The van der Waals surface area contributed by atoms with Crippen LogP contribution >= 0.6 is 0 Å². The third kappa shape index (κ3) is 2.13. The van der Waals surface area contributed by atoms with E-state index < -0.39 is 0 Å². The summed E-state index contributed by atoms with van der Waals surface area (Å²) in [4.78, 5) is 19.4. The predicted molar refractivity (Wildman–Crippen MR) is 72.0 cm³/mol. The van der Waals surface area contributed by atoms with E-state index in [0.29, 0.717) is 25.5 Å². The second kappa shape index (κ2) is 4.85. The molecular weight excluding hydrogens is 242 g/mol. The molecule has 2 N–H and O–H groups in total. The van der Waals surface area contributed by atoms with Crippen LogP contribution in [0.3, 0.4) is 0 Å². The molecule has 1 aromatic heterocycles. The molecule has 0 saturated carbocycles. The van der Waals surface area contributed by atoms with Crippen molar-refractivity contribution in [3.05, 3.63) is 45.9 Å². The zero-order valence-electron chi connectivity index (χ0n) is 10.7. The third-order valence-electron chi connectivity index (χ3n) is 3.14. The Kier molecular flexibility index (Phi) is 3.05. The molecule has 2 aromatic rings. The molecule has 5 heteroatoms. The van der Waals surface area contributed by atoms with Crippen molar-refractivity contribution in [3.63, 3.8) is 0 Å². The highest BCUT2D eigenvalue weighted by molar-refractivity contribution is 5.64. The van der Waals surface area contributed by atoms with Gasteiger partial charge in [-0.15, -0.1) is 0 Å². The summed E-state index contributed by atoms with van der Waals surface area (Å²) in [5.41, 5.74) is 2.30. The first-order chi connectivity index (χ1) is 9.29. The Bertz CT molecular complexity index is 664. The summed E-state index contributed by atoms with van der Waals surface area (Å²) >= 11 is 0. The Morgan fingerprint density at radius 3 is 3.00 bits per heavy atom. The zero-order valence-corrected chi connectivity index (χ0v) is 10.7. The third-order valence-corrected chi connectivity index (χ3v) is 3.14. The summed E-state index contributed by atoms with van der Waals surface area (Å²) in [5.74, 6) is 1.30. The Labute approximate surface area is 110 Å². The maximum atomic E-state index is 12.0. The van der Waals surface area contributed by atoms with Gasteiger partial charge in [0.1, 0.15) is 11.6 Å². The number of aromatic amines is 1. The molecule has 0 saturated heterocycles. The van der Waals surface area contributed by atoms with Gasteiger partial charge in [-0.3, -0.25) is 4.79 Å². The summed E-state index contributed by atoms with van der Waals surface area (Å²) in [6, 6.07) is 7.59. The van der Waals surface area contributed by atoms with E-state index in [2.05, 4.69) is 15.3 Å². The molecule has 0 radical (unpaired) electrons. The maximum absolute atomic E-state index is 12.0. The molecule has 5 nitrogen and oxygen atoms in total. The summed E-state index contributed by atoms with van der Waals surface area (Å²) in [7, 11) is 0. The van der Waals surface area contributed by atoms with Crippen molar-refractivity contribution < 1.29 is 4.74 Å². The molecule has 0 bridgehead atoms. The highest BCUT2D eigenvalue weighted by Gasteiger charge is 2.18. The van der Waals surface area contributed by atoms with Gasteiger partial charge in [0.2, 0.25) is 0 Å². The van der Waals surface area contributed by atoms with Gasteiger partial charge in [0.15, 0.2) is 0 Å². The van der Waals surface area contributed by atoms with Crippen LogP contribution in [0.25, 0.3) is 11.4 Å². The van der Waals surface area contributed by atoms with Crippen LogP contribution in [0.5, 0.6) is 5.75 Å². The number of rotatable bonds is 3. The topological polar surface area (TPSA) is 67.0 Å². The molecule has 2 heterocycles. The van der Waals surface area contributed by atoms with Gasteiger partial charge in [-0.2, -0.15) is 0 Å². The van der Waals surface area contributed by atoms with Crippen molar-refractivity contribution in [2.24, 2.45) is 0 Å². The molecule has 1 aliphatic rings. The molecule has 1 aromatic carbocycles. The Balaban J connectivity index is 2.13. The van der Waals surface area contributed by atoms with E-state index in [1.807, 2.05) is 31.2 Å². The van der Waals surface area contributed by atoms with Gasteiger partial charge in [-0.1, -0.05) is 12.1 Å². The van der Waals surface area contributed by atoms with E-state index in [1.165, 1.54) is 0 Å². The normalized spacial score (nSPS) is 13.3. The molecule has 0 aliphatic carbocycles. The quantitative estimate of drug-likeness (QED) is 0.873. The van der Waals surface area contributed by atoms with Crippen LogP contribution in [0.4, 0.5) is 0 Å². The average molecular weight is 257 g/mol. The van der Waals surface area contributed by atoms with Crippen molar-refractivity contribution >= 4 is 0 Å². The van der Waals surface area contributed by atoms with Gasteiger partial charge >= 0.3 is 0 Å². The van der Waals surface area contributed by atoms with Crippen LogP contribution < -0.4 is 15.6 Å². The minimum Gasteiger partial charge on any atom is -0.493 e. The fraction of sp³-hybridized carbons (Fsp3) is 0.286. The smallest absolute Gasteiger partial charge is 0.255 e. The van der Waals surface area contributed by atoms with Gasteiger partial charge in [-0.05, 0) is 19.1 Å². The van der Waals surface area contributed by atoms with Crippen molar-refractivity contribution in [1.82, 2.24) is 15.3 Å². The molecule has 0 unspecified atom stereocenters. The maximum Gasteiger partial charge on any atom is 0.255 e. The lowest BCUT2D eigenvalue weighted by Gasteiger charge is -2.09. The fourth-order valence-electron chi connectivity index (χ4n) is 2.25. The number of H-pyrrole nitrogens is 1. The van der Waals surface area contributed by atoms with Gasteiger partial charge < -0.3 is 15.0 Å². The molecule has 0 amide bonds. The minimum atomic E-state index is -0.0729. The lowest BCUT2D eigenvalue weighted by molar-refractivity contribution is 0.341. The second-order valence-corrected chi connectivity index (χ2v) is 4.37. The summed E-state index contributed by atoms with van der Waals surface area (Å²) < 4.78 is 5.57.